The topological polar surface area (TPSA) is 70.2 Å². The van der Waals surface area contributed by atoms with Crippen LogP contribution in [-0.4, -0.2) is 42.1 Å². The zero-order chi connectivity index (χ0) is 12.8. The highest BCUT2D eigenvalue weighted by atomic mass is 32.2. The highest BCUT2D eigenvalue weighted by Gasteiger charge is 2.23. The first-order valence-electron chi connectivity index (χ1n) is 6.69. The van der Waals surface area contributed by atoms with Crippen molar-refractivity contribution in [3.05, 3.63) is 0 Å². The van der Waals surface area contributed by atoms with Gasteiger partial charge in [-0.2, -0.15) is 11.8 Å². The number of carbonyl (C=O) groups is 2. The largest absolute Gasteiger partial charge is 0.354 e. The molecule has 0 aliphatic carbocycles. The predicted molar refractivity (Wildman–Crippen MR) is 72.7 cm³/mol. The van der Waals surface area contributed by atoms with Crippen LogP contribution in [0.15, 0.2) is 0 Å². The molecule has 0 aromatic rings. The third-order valence-electron chi connectivity index (χ3n) is 3.35. The Kier molecular flexibility index (Phi) is 5.16. The average molecular weight is 271 g/mol. The maximum absolute atomic E-state index is 11.7. The van der Waals surface area contributed by atoms with E-state index in [0.29, 0.717) is 11.8 Å². The standard InChI is InChI=1S/C12H21N3O2S/c16-11-10(5-1-2-6-13-11)15-12(17)14-8-9-4-3-7-18-9/h9-10H,1-8H2,(H,13,16)(H2,14,15,17)/t9-,10-/m0/s1. The Morgan fingerprint density at radius 2 is 2.22 bits per heavy atom. The van der Waals surface area contributed by atoms with Crippen molar-refractivity contribution < 1.29 is 9.59 Å². The maximum Gasteiger partial charge on any atom is 0.315 e. The number of carbonyl (C=O) groups excluding carboxylic acids is 2. The molecule has 2 aliphatic rings. The molecule has 0 radical (unpaired) electrons. The van der Waals surface area contributed by atoms with Crippen molar-refractivity contribution in [1.29, 1.82) is 0 Å². The van der Waals surface area contributed by atoms with Crippen molar-refractivity contribution in [2.45, 2.75) is 43.4 Å². The average Bonchev–Trinajstić information content (AvgIpc) is 2.80. The summed E-state index contributed by atoms with van der Waals surface area (Å²) in [4.78, 5) is 23.4. The van der Waals surface area contributed by atoms with Crippen LogP contribution >= 0.6 is 11.8 Å². The van der Waals surface area contributed by atoms with Gasteiger partial charge in [0, 0.05) is 18.3 Å². The fourth-order valence-corrected chi connectivity index (χ4v) is 3.50. The molecule has 2 saturated heterocycles. The summed E-state index contributed by atoms with van der Waals surface area (Å²) in [5, 5.41) is 8.98. The van der Waals surface area contributed by atoms with Gasteiger partial charge in [0.2, 0.25) is 5.91 Å². The van der Waals surface area contributed by atoms with Crippen molar-refractivity contribution >= 4 is 23.7 Å². The van der Waals surface area contributed by atoms with E-state index in [1.165, 1.54) is 18.6 Å². The van der Waals surface area contributed by atoms with Gasteiger partial charge in [-0.15, -0.1) is 0 Å². The first kappa shape index (κ1) is 13.5. The molecule has 6 heteroatoms. The molecule has 2 heterocycles. The lowest BCUT2D eigenvalue weighted by molar-refractivity contribution is -0.122. The van der Waals surface area contributed by atoms with Gasteiger partial charge in [-0.1, -0.05) is 0 Å². The molecule has 5 nitrogen and oxygen atoms in total. The number of thioether (sulfide) groups is 1. The van der Waals surface area contributed by atoms with Crippen LogP contribution in [0.2, 0.25) is 0 Å². The van der Waals surface area contributed by atoms with Crippen LogP contribution in [0.5, 0.6) is 0 Å². The minimum atomic E-state index is -0.372. The minimum absolute atomic E-state index is 0.0575. The molecule has 102 valence electrons. The van der Waals surface area contributed by atoms with Crippen LogP contribution < -0.4 is 16.0 Å². The summed E-state index contributed by atoms with van der Waals surface area (Å²) in [5.74, 6) is 1.14. The second-order valence-corrected chi connectivity index (χ2v) is 6.24. The summed E-state index contributed by atoms with van der Waals surface area (Å²) in [6, 6.07) is -0.590. The molecule has 0 spiro atoms. The second-order valence-electron chi connectivity index (χ2n) is 4.83. The smallest absolute Gasteiger partial charge is 0.315 e. The number of hydrogen-bond acceptors (Lipinski definition) is 3. The zero-order valence-electron chi connectivity index (χ0n) is 10.5. The van der Waals surface area contributed by atoms with E-state index < -0.39 is 0 Å². The highest BCUT2D eigenvalue weighted by Crippen LogP contribution is 2.25. The lowest BCUT2D eigenvalue weighted by atomic mass is 10.1. The quantitative estimate of drug-likeness (QED) is 0.713. The van der Waals surface area contributed by atoms with Crippen molar-refractivity contribution in [1.82, 2.24) is 16.0 Å². The van der Waals surface area contributed by atoms with Crippen molar-refractivity contribution in [2.24, 2.45) is 0 Å². The van der Waals surface area contributed by atoms with Gasteiger partial charge in [-0.3, -0.25) is 4.79 Å². The molecule has 3 amide bonds. The number of rotatable bonds is 3. The first-order valence-corrected chi connectivity index (χ1v) is 7.74. The number of amides is 3. The fourth-order valence-electron chi connectivity index (χ4n) is 2.30. The summed E-state index contributed by atoms with van der Waals surface area (Å²) < 4.78 is 0. The third kappa shape index (κ3) is 4.08. The van der Waals surface area contributed by atoms with Gasteiger partial charge in [0.15, 0.2) is 0 Å². The SMILES string of the molecule is O=C(NC[C@@H]1CCCS1)N[C@H]1CCCCNC1=O. The summed E-state index contributed by atoms with van der Waals surface area (Å²) in [6.07, 6.45) is 5.11. The molecule has 2 fully saturated rings. The van der Waals surface area contributed by atoms with Crippen molar-refractivity contribution in [2.75, 3.05) is 18.8 Å². The maximum atomic E-state index is 11.7. The Balaban J connectivity index is 1.70. The first-order chi connectivity index (χ1) is 8.75. The van der Waals surface area contributed by atoms with E-state index in [4.69, 9.17) is 0 Å². The molecular formula is C12H21N3O2S. The van der Waals surface area contributed by atoms with Gasteiger partial charge in [-0.25, -0.2) is 4.79 Å². The molecule has 2 rings (SSSR count). The van der Waals surface area contributed by atoms with Crippen molar-refractivity contribution in [3.63, 3.8) is 0 Å². The molecule has 2 atom stereocenters. The molecule has 3 N–H and O–H groups in total. The number of nitrogens with one attached hydrogen (secondary N) is 3. The van der Waals surface area contributed by atoms with Gasteiger partial charge < -0.3 is 16.0 Å². The molecule has 18 heavy (non-hydrogen) atoms. The molecule has 2 aliphatic heterocycles. The molecule has 0 unspecified atom stereocenters. The lowest BCUT2D eigenvalue weighted by Gasteiger charge is -2.17. The van der Waals surface area contributed by atoms with E-state index in [0.717, 1.165) is 25.8 Å². The fraction of sp³-hybridized carbons (Fsp3) is 0.833. The Hall–Kier alpha value is -0.910. The van der Waals surface area contributed by atoms with E-state index in [1.54, 1.807) is 0 Å². The zero-order valence-corrected chi connectivity index (χ0v) is 11.4. The van der Waals surface area contributed by atoms with E-state index >= 15 is 0 Å². The molecule has 0 aromatic carbocycles. The van der Waals surface area contributed by atoms with Gasteiger partial charge in [0.05, 0.1) is 0 Å². The summed E-state index contributed by atoms with van der Waals surface area (Å²) >= 11 is 1.91. The molecular weight excluding hydrogens is 250 g/mol. The van der Waals surface area contributed by atoms with Gasteiger partial charge >= 0.3 is 6.03 Å². The van der Waals surface area contributed by atoms with Gasteiger partial charge in [-0.05, 0) is 37.9 Å². The van der Waals surface area contributed by atoms with E-state index in [9.17, 15) is 9.59 Å². The van der Waals surface area contributed by atoms with E-state index in [-0.39, 0.29) is 18.0 Å². The second kappa shape index (κ2) is 6.87. The Morgan fingerprint density at radius 3 is 3.00 bits per heavy atom. The van der Waals surface area contributed by atoms with E-state index in [1.807, 2.05) is 11.8 Å². The minimum Gasteiger partial charge on any atom is -0.354 e. The highest BCUT2D eigenvalue weighted by molar-refractivity contribution is 8.00. The molecule has 0 saturated carbocycles. The normalized spacial score (nSPS) is 28.3. The molecule has 0 aromatic heterocycles. The third-order valence-corrected chi connectivity index (χ3v) is 4.75. The van der Waals surface area contributed by atoms with Crippen LogP contribution in [0.4, 0.5) is 4.79 Å². The van der Waals surface area contributed by atoms with Crippen LogP contribution in [0.25, 0.3) is 0 Å². The predicted octanol–water partition coefficient (Wildman–Crippen LogP) is 0.850. The lowest BCUT2D eigenvalue weighted by Crippen LogP contribution is -2.49. The van der Waals surface area contributed by atoms with Crippen molar-refractivity contribution in [3.8, 4) is 0 Å². The van der Waals surface area contributed by atoms with Gasteiger partial charge in [0.1, 0.15) is 6.04 Å². The number of urea groups is 1. The van der Waals surface area contributed by atoms with E-state index in [2.05, 4.69) is 16.0 Å². The number of hydrogen-bond donors (Lipinski definition) is 3. The van der Waals surface area contributed by atoms with Crippen LogP contribution in [0, 0.1) is 0 Å². The summed E-state index contributed by atoms with van der Waals surface area (Å²) in [7, 11) is 0. The Morgan fingerprint density at radius 1 is 1.33 bits per heavy atom. The van der Waals surface area contributed by atoms with Crippen LogP contribution in [0.1, 0.15) is 32.1 Å². The Bertz CT molecular complexity index is 306. The summed E-state index contributed by atoms with van der Waals surface area (Å²) in [6.45, 7) is 1.42. The van der Waals surface area contributed by atoms with Gasteiger partial charge in [0.25, 0.3) is 0 Å². The summed E-state index contributed by atoms with van der Waals surface area (Å²) in [5.41, 5.74) is 0. The Labute approximate surface area is 112 Å². The van der Waals surface area contributed by atoms with Crippen LogP contribution in [0.3, 0.4) is 0 Å². The molecule has 0 bridgehead atoms. The monoisotopic (exact) mass is 271 g/mol. The van der Waals surface area contributed by atoms with Crippen LogP contribution in [-0.2, 0) is 4.79 Å².